The highest BCUT2D eigenvalue weighted by atomic mass is 16.5. The second kappa shape index (κ2) is 5.29. The molecule has 1 saturated heterocycles. The molecule has 1 aliphatic rings. The van der Waals surface area contributed by atoms with Crippen molar-refractivity contribution >= 4 is 5.69 Å². The van der Waals surface area contributed by atoms with Crippen molar-refractivity contribution in [3.05, 3.63) is 29.8 Å². The Balaban J connectivity index is 2.31. The van der Waals surface area contributed by atoms with E-state index in [0.717, 1.165) is 19.6 Å². The van der Waals surface area contributed by atoms with Gasteiger partial charge < -0.3 is 15.4 Å². The number of benzene rings is 1. The van der Waals surface area contributed by atoms with Gasteiger partial charge in [-0.2, -0.15) is 0 Å². The first-order chi connectivity index (χ1) is 8.60. The summed E-state index contributed by atoms with van der Waals surface area (Å²) in [5, 5.41) is 0. The third-order valence-electron chi connectivity index (χ3n) is 4.37. The van der Waals surface area contributed by atoms with E-state index in [-0.39, 0.29) is 5.54 Å². The van der Waals surface area contributed by atoms with Crippen molar-refractivity contribution in [1.29, 1.82) is 0 Å². The third kappa shape index (κ3) is 2.25. The first-order valence-electron chi connectivity index (χ1n) is 6.68. The molecule has 3 heteroatoms. The molecule has 0 radical (unpaired) electrons. The molecule has 3 nitrogen and oxygen atoms in total. The minimum absolute atomic E-state index is 0.0199. The predicted molar refractivity (Wildman–Crippen MR) is 76.0 cm³/mol. The van der Waals surface area contributed by atoms with E-state index in [4.69, 9.17) is 10.5 Å². The van der Waals surface area contributed by atoms with Gasteiger partial charge in [0, 0.05) is 31.8 Å². The van der Waals surface area contributed by atoms with Crippen LogP contribution in [0.4, 0.5) is 5.69 Å². The van der Waals surface area contributed by atoms with Crippen LogP contribution in [-0.4, -0.2) is 32.3 Å². The molecular weight excluding hydrogens is 224 g/mol. The maximum Gasteiger partial charge on any atom is 0.0590 e. The van der Waals surface area contributed by atoms with Crippen molar-refractivity contribution in [3.63, 3.8) is 0 Å². The van der Waals surface area contributed by atoms with Gasteiger partial charge in [0.2, 0.25) is 0 Å². The Hall–Kier alpha value is -1.06. The molecule has 2 unspecified atom stereocenters. The van der Waals surface area contributed by atoms with Crippen LogP contribution in [0.25, 0.3) is 0 Å². The van der Waals surface area contributed by atoms with E-state index < -0.39 is 0 Å². The Morgan fingerprint density at radius 3 is 2.89 bits per heavy atom. The van der Waals surface area contributed by atoms with Crippen molar-refractivity contribution in [2.24, 2.45) is 11.7 Å². The van der Waals surface area contributed by atoms with Gasteiger partial charge in [0.05, 0.1) is 12.1 Å². The maximum atomic E-state index is 6.11. The van der Waals surface area contributed by atoms with Crippen LogP contribution in [-0.2, 0) is 4.74 Å². The molecule has 0 spiro atoms. The average molecular weight is 248 g/mol. The zero-order valence-electron chi connectivity index (χ0n) is 11.6. The van der Waals surface area contributed by atoms with E-state index in [2.05, 4.69) is 50.1 Å². The van der Waals surface area contributed by atoms with Crippen LogP contribution in [0, 0.1) is 12.8 Å². The molecule has 0 aliphatic carbocycles. The summed E-state index contributed by atoms with van der Waals surface area (Å²) in [5.41, 5.74) is 8.66. The lowest BCUT2D eigenvalue weighted by Crippen LogP contribution is -2.60. The number of nitrogens with zero attached hydrogens (tertiary/aromatic N) is 1. The lowest BCUT2D eigenvalue weighted by atomic mass is 9.79. The molecule has 2 atom stereocenters. The molecule has 100 valence electrons. The largest absolute Gasteiger partial charge is 0.381 e. The number of nitrogens with two attached hydrogens (primary N) is 1. The molecule has 2 N–H and O–H groups in total. The van der Waals surface area contributed by atoms with Gasteiger partial charge in [-0.1, -0.05) is 19.1 Å². The van der Waals surface area contributed by atoms with E-state index in [0.29, 0.717) is 12.5 Å². The molecule has 1 fully saturated rings. The Morgan fingerprint density at radius 2 is 2.28 bits per heavy atom. The highest BCUT2D eigenvalue weighted by Gasteiger charge is 2.41. The van der Waals surface area contributed by atoms with Crippen LogP contribution >= 0.6 is 0 Å². The molecule has 0 aromatic heterocycles. The fraction of sp³-hybridized carbons (Fsp3) is 0.600. The van der Waals surface area contributed by atoms with Gasteiger partial charge in [-0.15, -0.1) is 0 Å². The Kier molecular flexibility index (Phi) is 3.93. The lowest BCUT2D eigenvalue weighted by molar-refractivity contribution is 0.0109. The molecule has 0 bridgehead atoms. The topological polar surface area (TPSA) is 38.5 Å². The number of likely N-dealkylation sites (N-methyl/N-ethyl adjacent to an activating group) is 1. The molecule has 2 rings (SSSR count). The molecule has 1 aromatic rings. The minimum atomic E-state index is 0.0199. The summed E-state index contributed by atoms with van der Waals surface area (Å²) in [7, 11) is 2.16. The molecule has 18 heavy (non-hydrogen) atoms. The third-order valence-corrected chi connectivity index (χ3v) is 4.37. The van der Waals surface area contributed by atoms with Crippen LogP contribution in [0.3, 0.4) is 0 Å². The summed E-state index contributed by atoms with van der Waals surface area (Å²) in [5.74, 6) is 0.446. The van der Waals surface area contributed by atoms with E-state index in [1.165, 1.54) is 11.3 Å². The summed E-state index contributed by atoms with van der Waals surface area (Å²) >= 11 is 0. The fourth-order valence-corrected chi connectivity index (χ4v) is 2.94. The van der Waals surface area contributed by atoms with Gasteiger partial charge in [-0.05, 0) is 31.0 Å². The number of hydrogen-bond donors (Lipinski definition) is 1. The maximum absolute atomic E-state index is 6.11. The fourth-order valence-electron chi connectivity index (χ4n) is 2.94. The van der Waals surface area contributed by atoms with E-state index in [9.17, 15) is 0 Å². The first-order valence-corrected chi connectivity index (χ1v) is 6.68. The molecule has 0 saturated carbocycles. The van der Waals surface area contributed by atoms with Crippen molar-refractivity contribution in [3.8, 4) is 0 Å². The van der Waals surface area contributed by atoms with Crippen LogP contribution in [0.2, 0.25) is 0 Å². The normalized spacial score (nSPS) is 28.1. The van der Waals surface area contributed by atoms with Gasteiger partial charge >= 0.3 is 0 Å². The molecule has 1 heterocycles. The lowest BCUT2D eigenvalue weighted by Gasteiger charge is -2.49. The number of ether oxygens (including phenoxy) is 1. The van der Waals surface area contributed by atoms with Crippen LogP contribution in [0.1, 0.15) is 18.9 Å². The number of hydrogen-bond acceptors (Lipinski definition) is 3. The van der Waals surface area contributed by atoms with Gasteiger partial charge in [-0.3, -0.25) is 0 Å². The number of aryl methyl sites for hydroxylation is 1. The highest BCUT2D eigenvalue weighted by Crippen LogP contribution is 2.34. The van der Waals surface area contributed by atoms with Gasteiger partial charge in [-0.25, -0.2) is 0 Å². The molecular formula is C15H24N2O. The molecule has 0 amide bonds. The zero-order valence-corrected chi connectivity index (χ0v) is 11.6. The molecule has 1 aliphatic heterocycles. The summed E-state index contributed by atoms with van der Waals surface area (Å²) in [6.45, 7) is 6.63. The van der Waals surface area contributed by atoms with Crippen molar-refractivity contribution < 1.29 is 4.74 Å². The Bertz CT molecular complexity index is 407. The molecule has 1 aromatic carbocycles. The standard InChI is InChI=1S/C15H24N2O/c1-12-5-4-6-14(9-12)17(3)15(11-16)7-8-18-10-13(15)2/h4-6,9,13H,7-8,10-11,16H2,1-3H3. The second-order valence-electron chi connectivity index (χ2n) is 5.43. The SMILES string of the molecule is Cc1cccc(N(C)C2(CN)CCOCC2C)c1. The second-order valence-corrected chi connectivity index (χ2v) is 5.43. The van der Waals surface area contributed by atoms with Crippen molar-refractivity contribution in [2.75, 3.05) is 31.7 Å². The smallest absolute Gasteiger partial charge is 0.0590 e. The Labute approximate surface area is 110 Å². The first kappa shape index (κ1) is 13.4. The highest BCUT2D eigenvalue weighted by molar-refractivity contribution is 5.50. The Morgan fingerprint density at radius 1 is 1.50 bits per heavy atom. The van der Waals surface area contributed by atoms with Crippen LogP contribution in [0.15, 0.2) is 24.3 Å². The summed E-state index contributed by atoms with van der Waals surface area (Å²) in [4.78, 5) is 2.35. The number of rotatable bonds is 3. The van der Waals surface area contributed by atoms with Crippen molar-refractivity contribution in [1.82, 2.24) is 0 Å². The quantitative estimate of drug-likeness (QED) is 0.891. The average Bonchev–Trinajstić information content (AvgIpc) is 2.39. The zero-order chi connectivity index (χ0) is 13.2. The van der Waals surface area contributed by atoms with E-state index >= 15 is 0 Å². The monoisotopic (exact) mass is 248 g/mol. The van der Waals surface area contributed by atoms with Crippen LogP contribution in [0.5, 0.6) is 0 Å². The van der Waals surface area contributed by atoms with E-state index in [1.54, 1.807) is 0 Å². The van der Waals surface area contributed by atoms with Gasteiger partial charge in [0.1, 0.15) is 0 Å². The van der Waals surface area contributed by atoms with E-state index in [1.807, 2.05) is 0 Å². The summed E-state index contributed by atoms with van der Waals surface area (Å²) in [6, 6.07) is 8.61. The van der Waals surface area contributed by atoms with Gasteiger partial charge in [0.25, 0.3) is 0 Å². The summed E-state index contributed by atoms with van der Waals surface area (Å²) in [6.07, 6.45) is 0.995. The number of anilines is 1. The summed E-state index contributed by atoms with van der Waals surface area (Å²) < 4.78 is 5.57. The predicted octanol–water partition coefficient (Wildman–Crippen LogP) is 2.19. The van der Waals surface area contributed by atoms with Crippen molar-refractivity contribution in [2.45, 2.75) is 25.8 Å². The van der Waals surface area contributed by atoms with Gasteiger partial charge in [0.15, 0.2) is 0 Å². The van der Waals surface area contributed by atoms with Crippen LogP contribution < -0.4 is 10.6 Å². The minimum Gasteiger partial charge on any atom is -0.381 e.